The van der Waals surface area contributed by atoms with Crippen LogP contribution in [0.25, 0.3) is 0 Å². The summed E-state index contributed by atoms with van der Waals surface area (Å²) in [4.78, 5) is 13.9. The van der Waals surface area contributed by atoms with E-state index in [-0.39, 0.29) is 23.4 Å². The van der Waals surface area contributed by atoms with Crippen molar-refractivity contribution in [2.75, 3.05) is 19.7 Å². The topological polar surface area (TPSA) is 66.6 Å². The molecule has 0 bridgehead atoms. The van der Waals surface area contributed by atoms with Gasteiger partial charge in [-0.15, -0.1) is 0 Å². The molecule has 1 aliphatic heterocycles. The van der Waals surface area contributed by atoms with Gasteiger partial charge in [0.2, 0.25) is 5.91 Å². The van der Waals surface area contributed by atoms with Gasteiger partial charge in [-0.3, -0.25) is 4.79 Å². The lowest BCUT2D eigenvalue weighted by molar-refractivity contribution is -0.134. The standard InChI is InChI=1S/C10H18N2O2S/c1-7(9(11)15)10(14)12-4-2-8(6-13)3-5-12/h7-8,13H,2-6H2,1H3,(H2,11,15). The summed E-state index contributed by atoms with van der Waals surface area (Å²) in [5.41, 5.74) is 5.44. The number of rotatable bonds is 3. The van der Waals surface area contributed by atoms with Crippen molar-refractivity contribution in [3.05, 3.63) is 0 Å². The quantitative estimate of drug-likeness (QED) is 0.677. The van der Waals surface area contributed by atoms with E-state index in [0.717, 1.165) is 12.8 Å². The Labute approximate surface area is 95.4 Å². The van der Waals surface area contributed by atoms with E-state index in [2.05, 4.69) is 0 Å². The molecule has 1 fully saturated rings. The molecule has 1 saturated heterocycles. The summed E-state index contributed by atoms with van der Waals surface area (Å²) in [6, 6.07) is 0. The van der Waals surface area contributed by atoms with Crippen LogP contribution >= 0.6 is 12.2 Å². The van der Waals surface area contributed by atoms with Crippen LogP contribution in [0.4, 0.5) is 0 Å². The van der Waals surface area contributed by atoms with Crippen molar-refractivity contribution < 1.29 is 9.90 Å². The third-order valence-electron chi connectivity index (χ3n) is 2.98. The van der Waals surface area contributed by atoms with Crippen molar-refractivity contribution in [2.45, 2.75) is 19.8 Å². The Balaban J connectivity index is 2.46. The van der Waals surface area contributed by atoms with Crippen molar-refractivity contribution in [1.29, 1.82) is 0 Å². The number of aliphatic hydroxyl groups is 1. The van der Waals surface area contributed by atoms with Crippen LogP contribution in [0.2, 0.25) is 0 Å². The highest BCUT2D eigenvalue weighted by molar-refractivity contribution is 7.80. The van der Waals surface area contributed by atoms with Crippen LogP contribution in [0.5, 0.6) is 0 Å². The second-order valence-corrected chi connectivity index (χ2v) is 4.55. The Morgan fingerprint density at radius 2 is 2.13 bits per heavy atom. The molecule has 4 nitrogen and oxygen atoms in total. The van der Waals surface area contributed by atoms with Gasteiger partial charge in [-0.1, -0.05) is 12.2 Å². The number of nitrogens with zero attached hydrogens (tertiary/aromatic N) is 1. The van der Waals surface area contributed by atoms with Crippen molar-refractivity contribution >= 4 is 23.1 Å². The van der Waals surface area contributed by atoms with E-state index in [1.165, 1.54) is 0 Å². The molecule has 1 aliphatic rings. The maximum atomic E-state index is 11.8. The molecule has 1 amide bonds. The van der Waals surface area contributed by atoms with E-state index in [1.54, 1.807) is 11.8 Å². The fourth-order valence-electron chi connectivity index (χ4n) is 1.73. The molecular weight excluding hydrogens is 212 g/mol. The molecule has 3 N–H and O–H groups in total. The largest absolute Gasteiger partial charge is 0.396 e. The molecule has 0 aromatic heterocycles. The van der Waals surface area contributed by atoms with E-state index >= 15 is 0 Å². The molecule has 1 rings (SSSR count). The fourth-order valence-corrected chi connectivity index (χ4v) is 1.83. The average molecular weight is 230 g/mol. The van der Waals surface area contributed by atoms with Crippen LogP contribution in [-0.4, -0.2) is 40.6 Å². The molecule has 15 heavy (non-hydrogen) atoms. The summed E-state index contributed by atoms with van der Waals surface area (Å²) in [6.07, 6.45) is 1.73. The lowest BCUT2D eigenvalue weighted by Gasteiger charge is -2.32. The summed E-state index contributed by atoms with van der Waals surface area (Å²) in [5.74, 6) is -0.0150. The van der Waals surface area contributed by atoms with Crippen LogP contribution in [0.1, 0.15) is 19.8 Å². The minimum atomic E-state index is -0.370. The number of hydrogen-bond acceptors (Lipinski definition) is 3. The number of aliphatic hydroxyl groups excluding tert-OH is 1. The van der Waals surface area contributed by atoms with Gasteiger partial charge in [0, 0.05) is 19.7 Å². The minimum absolute atomic E-state index is 0.0129. The number of piperidine rings is 1. The molecule has 0 radical (unpaired) electrons. The lowest BCUT2D eigenvalue weighted by Crippen LogP contribution is -2.44. The molecule has 1 heterocycles. The predicted octanol–water partition coefficient (Wildman–Crippen LogP) is 0.140. The van der Waals surface area contributed by atoms with Gasteiger partial charge in [-0.2, -0.15) is 0 Å². The average Bonchev–Trinajstić information content (AvgIpc) is 2.27. The van der Waals surface area contributed by atoms with Crippen LogP contribution < -0.4 is 5.73 Å². The zero-order valence-corrected chi connectivity index (χ0v) is 9.80. The highest BCUT2D eigenvalue weighted by atomic mass is 32.1. The summed E-state index contributed by atoms with van der Waals surface area (Å²) < 4.78 is 0. The third kappa shape index (κ3) is 3.14. The molecule has 1 atom stereocenters. The van der Waals surface area contributed by atoms with Gasteiger partial charge in [-0.25, -0.2) is 0 Å². The van der Waals surface area contributed by atoms with Gasteiger partial charge in [0.05, 0.1) is 10.9 Å². The van der Waals surface area contributed by atoms with E-state index in [4.69, 9.17) is 23.1 Å². The molecule has 0 saturated carbocycles. The molecule has 0 spiro atoms. The highest BCUT2D eigenvalue weighted by Crippen LogP contribution is 2.18. The molecule has 1 unspecified atom stereocenters. The number of thiocarbonyl (C=S) groups is 1. The predicted molar refractivity (Wildman–Crippen MR) is 62.3 cm³/mol. The monoisotopic (exact) mass is 230 g/mol. The van der Waals surface area contributed by atoms with Gasteiger partial charge in [0.15, 0.2) is 0 Å². The van der Waals surface area contributed by atoms with E-state index in [9.17, 15) is 4.79 Å². The minimum Gasteiger partial charge on any atom is -0.396 e. The Kier molecular flexibility index (Phi) is 4.47. The van der Waals surface area contributed by atoms with Crippen molar-refractivity contribution in [3.63, 3.8) is 0 Å². The van der Waals surface area contributed by atoms with Gasteiger partial charge >= 0.3 is 0 Å². The van der Waals surface area contributed by atoms with E-state index < -0.39 is 0 Å². The Bertz CT molecular complexity index is 250. The van der Waals surface area contributed by atoms with Gasteiger partial charge in [0.1, 0.15) is 0 Å². The van der Waals surface area contributed by atoms with Crippen molar-refractivity contribution in [1.82, 2.24) is 4.90 Å². The van der Waals surface area contributed by atoms with E-state index in [1.807, 2.05) is 0 Å². The number of likely N-dealkylation sites (tertiary alicyclic amines) is 1. The second-order valence-electron chi connectivity index (χ2n) is 4.08. The van der Waals surface area contributed by atoms with Gasteiger partial charge < -0.3 is 15.7 Å². The number of carbonyl (C=O) groups is 1. The van der Waals surface area contributed by atoms with Gasteiger partial charge in [-0.05, 0) is 25.7 Å². The summed E-state index contributed by atoms with van der Waals surface area (Å²) in [7, 11) is 0. The number of hydrogen-bond donors (Lipinski definition) is 2. The first kappa shape index (κ1) is 12.4. The second kappa shape index (κ2) is 5.42. The van der Waals surface area contributed by atoms with Crippen molar-refractivity contribution in [3.8, 4) is 0 Å². The number of carbonyl (C=O) groups excluding carboxylic acids is 1. The smallest absolute Gasteiger partial charge is 0.232 e. The summed E-state index contributed by atoms with van der Waals surface area (Å²) in [6.45, 7) is 3.36. The van der Waals surface area contributed by atoms with Crippen LogP contribution in [-0.2, 0) is 4.79 Å². The van der Waals surface area contributed by atoms with Crippen LogP contribution in [0.15, 0.2) is 0 Å². The molecule has 0 aromatic carbocycles. The molecule has 5 heteroatoms. The van der Waals surface area contributed by atoms with Crippen molar-refractivity contribution in [2.24, 2.45) is 17.6 Å². The first-order valence-electron chi connectivity index (χ1n) is 5.25. The zero-order valence-electron chi connectivity index (χ0n) is 8.98. The molecule has 86 valence electrons. The first-order chi connectivity index (χ1) is 7.06. The lowest BCUT2D eigenvalue weighted by atomic mass is 9.97. The van der Waals surface area contributed by atoms with Crippen LogP contribution in [0.3, 0.4) is 0 Å². The zero-order chi connectivity index (χ0) is 11.4. The molecular formula is C10H18N2O2S. The third-order valence-corrected chi connectivity index (χ3v) is 3.34. The number of nitrogens with two attached hydrogens (primary N) is 1. The molecule has 0 aliphatic carbocycles. The molecule has 0 aromatic rings. The highest BCUT2D eigenvalue weighted by Gasteiger charge is 2.26. The maximum absolute atomic E-state index is 11.8. The fraction of sp³-hybridized carbons (Fsp3) is 0.800. The van der Waals surface area contributed by atoms with E-state index in [0.29, 0.717) is 19.0 Å². The Morgan fingerprint density at radius 1 is 1.60 bits per heavy atom. The Hall–Kier alpha value is -0.680. The SMILES string of the molecule is CC(C(=O)N1CCC(CO)CC1)C(N)=S. The van der Waals surface area contributed by atoms with Crippen LogP contribution in [0, 0.1) is 11.8 Å². The Morgan fingerprint density at radius 3 is 2.53 bits per heavy atom. The maximum Gasteiger partial charge on any atom is 0.232 e. The summed E-state index contributed by atoms with van der Waals surface area (Å²) >= 11 is 4.80. The van der Waals surface area contributed by atoms with Gasteiger partial charge in [0.25, 0.3) is 0 Å². The normalized spacial score (nSPS) is 20.0. The number of amides is 1. The summed E-state index contributed by atoms with van der Waals surface area (Å²) in [5, 5.41) is 8.97. The first-order valence-corrected chi connectivity index (χ1v) is 5.66.